The molecule has 0 radical (unpaired) electrons. The fourth-order valence-electron chi connectivity index (χ4n) is 2.96. The maximum absolute atomic E-state index is 12.7. The normalized spacial score (nSPS) is 10.9. The van der Waals surface area contributed by atoms with Gasteiger partial charge in [0.05, 0.1) is 16.8 Å². The van der Waals surface area contributed by atoms with Gasteiger partial charge in [-0.2, -0.15) is 0 Å². The first-order chi connectivity index (χ1) is 14.2. The quantitative estimate of drug-likeness (QED) is 0.415. The monoisotopic (exact) mass is 398 g/mol. The van der Waals surface area contributed by atoms with Crippen LogP contribution in [0, 0.1) is 6.92 Å². The van der Waals surface area contributed by atoms with Gasteiger partial charge in [0.2, 0.25) is 0 Å². The zero-order valence-electron chi connectivity index (χ0n) is 17.0. The number of fused-ring (bicyclic) bond motifs is 1. The zero-order chi connectivity index (χ0) is 20.6. The number of hydrogen-bond acceptors (Lipinski definition) is 7. The highest BCUT2D eigenvalue weighted by Crippen LogP contribution is 2.24. The van der Waals surface area contributed by atoms with Crippen LogP contribution in [0.3, 0.4) is 0 Å². The molecule has 0 aliphatic heterocycles. The van der Waals surface area contributed by atoms with Crippen molar-refractivity contribution in [1.82, 2.24) is 14.7 Å². The summed E-state index contributed by atoms with van der Waals surface area (Å²) in [5, 5.41) is 4.08. The van der Waals surface area contributed by atoms with Crippen molar-refractivity contribution in [1.29, 1.82) is 0 Å². The van der Waals surface area contributed by atoms with Crippen molar-refractivity contribution in [2.75, 3.05) is 25.8 Å². The van der Waals surface area contributed by atoms with Gasteiger partial charge in [-0.25, -0.2) is 9.97 Å². The van der Waals surface area contributed by atoms with Crippen molar-refractivity contribution in [2.24, 2.45) is 0 Å². The standard InChI is InChI=1S/C21H26N4O4/c1-4-5-10-29-25-19(26)11-17(20-15(2)23-13-24-21(20)25)22-12-16-8-6-7-9-18(16)28-14-27-3/h6-9,11,13,22H,4-5,10,12,14H2,1-3H3. The van der Waals surface area contributed by atoms with Crippen LogP contribution in [-0.2, 0) is 11.3 Å². The minimum absolute atomic E-state index is 0.165. The number of ether oxygens (including phenoxy) is 2. The van der Waals surface area contributed by atoms with Crippen molar-refractivity contribution in [3.8, 4) is 5.75 Å². The average molecular weight is 398 g/mol. The molecule has 1 N–H and O–H groups in total. The van der Waals surface area contributed by atoms with E-state index < -0.39 is 0 Å². The second kappa shape index (κ2) is 9.88. The number of para-hydroxylation sites is 1. The number of methoxy groups -OCH3 is 1. The maximum Gasteiger partial charge on any atom is 0.287 e. The van der Waals surface area contributed by atoms with Crippen LogP contribution in [0.2, 0.25) is 0 Å². The number of nitrogens with one attached hydrogen (secondary N) is 1. The average Bonchev–Trinajstić information content (AvgIpc) is 2.73. The van der Waals surface area contributed by atoms with E-state index in [1.54, 1.807) is 7.11 Å². The van der Waals surface area contributed by atoms with E-state index in [-0.39, 0.29) is 12.4 Å². The number of rotatable bonds is 10. The van der Waals surface area contributed by atoms with Crippen LogP contribution < -0.4 is 20.5 Å². The minimum Gasteiger partial charge on any atom is -0.467 e. The van der Waals surface area contributed by atoms with Crippen LogP contribution in [0.15, 0.2) is 41.5 Å². The summed E-state index contributed by atoms with van der Waals surface area (Å²) in [6.07, 6.45) is 3.27. The fraction of sp³-hybridized carbons (Fsp3) is 0.381. The summed E-state index contributed by atoms with van der Waals surface area (Å²) < 4.78 is 11.9. The Morgan fingerprint density at radius 1 is 1.21 bits per heavy atom. The Bertz CT molecular complexity index is 1020. The summed E-state index contributed by atoms with van der Waals surface area (Å²) in [6, 6.07) is 9.18. The van der Waals surface area contributed by atoms with E-state index in [4.69, 9.17) is 14.3 Å². The van der Waals surface area contributed by atoms with Crippen molar-refractivity contribution in [3.05, 3.63) is 58.3 Å². The zero-order valence-corrected chi connectivity index (χ0v) is 17.0. The van der Waals surface area contributed by atoms with Crippen LogP contribution in [-0.4, -0.2) is 35.2 Å². The Balaban J connectivity index is 1.93. The number of aromatic nitrogens is 3. The summed E-state index contributed by atoms with van der Waals surface area (Å²) in [4.78, 5) is 26.9. The Kier molecular flexibility index (Phi) is 7.02. The second-order valence-corrected chi connectivity index (χ2v) is 6.55. The predicted octanol–water partition coefficient (Wildman–Crippen LogP) is 2.92. The molecule has 0 aliphatic carbocycles. The Hall–Kier alpha value is -3.13. The number of aryl methyl sites for hydroxylation is 1. The molecule has 3 rings (SSSR count). The molecule has 2 heterocycles. The Labute approximate surface area is 169 Å². The highest BCUT2D eigenvalue weighted by atomic mass is 16.7. The largest absolute Gasteiger partial charge is 0.467 e. The van der Waals surface area contributed by atoms with Crippen LogP contribution in [0.4, 0.5) is 5.69 Å². The van der Waals surface area contributed by atoms with Crippen LogP contribution in [0.5, 0.6) is 5.75 Å². The molecule has 29 heavy (non-hydrogen) atoms. The highest BCUT2D eigenvalue weighted by molar-refractivity contribution is 5.90. The maximum atomic E-state index is 12.7. The summed E-state index contributed by atoms with van der Waals surface area (Å²) in [5.74, 6) is 0.718. The van der Waals surface area contributed by atoms with E-state index in [0.29, 0.717) is 24.5 Å². The first kappa shape index (κ1) is 20.6. The van der Waals surface area contributed by atoms with Gasteiger partial charge in [-0.05, 0) is 19.4 Å². The van der Waals surface area contributed by atoms with E-state index in [0.717, 1.165) is 35.2 Å². The number of unbranched alkanes of at least 4 members (excludes halogenated alkanes) is 1. The molecule has 0 atom stereocenters. The molecule has 0 saturated carbocycles. The minimum atomic E-state index is -0.280. The SMILES string of the molecule is CCCCOn1c(=O)cc(NCc2ccccc2OCOC)c2c(C)ncnc21. The van der Waals surface area contributed by atoms with Gasteiger partial charge in [0.25, 0.3) is 5.56 Å². The van der Waals surface area contributed by atoms with Gasteiger partial charge < -0.3 is 19.6 Å². The third kappa shape index (κ3) is 4.83. The van der Waals surface area contributed by atoms with Gasteiger partial charge in [0.15, 0.2) is 12.4 Å². The van der Waals surface area contributed by atoms with Gasteiger partial charge in [-0.3, -0.25) is 4.79 Å². The highest BCUT2D eigenvalue weighted by Gasteiger charge is 2.14. The molecule has 8 heteroatoms. The lowest BCUT2D eigenvalue weighted by Crippen LogP contribution is -2.29. The van der Waals surface area contributed by atoms with Crippen molar-refractivity contribution in [2.45, 2.75) is 33.2 Å². The molecule has 154 valence electrons. The summed E-state index contributed by atoms with van der Waals surface area (Å²) >= 11 is 0. The molecule has 8 nitrogen and oxygen atoms in total. The number of hydrogen-bond donors (Lipinski definition) is 1. The lowest BCUT2D eigenvalue weighted by molar-refractivity contribution is 0.0505. The van der Waals surface area contributed by atoms with Gasteiger partial charge >= 0.3 is 0 Å². The van der Waals surface area contributed by atoms with Crippen LogP contribution in [0.25, 0.3) is 11.0 Å². The van der Waals surface area contributed by atoms with Gasteiger partial charge in [0.1, 0.15) is 18.7 Å². The summed E-state index contributed by atoms with van der Waals surface area (Å²) in [5.41, 5.74) is 2.52. The first-order valence-electron chi connectivity index (χ1n) is 9.59. The summed E-state index contributed by atoms with van der Waals surface area (Å²) in [6.45, 7) is 5.02. The van der Waals surface area contributed by atoms with Gasteiger partial charge in [0, 0.05) is 25.3 Å². The van der Waals surface area contributed by atoms with E-state index >= 15 is 0 Å². The molecule has 0 fully saturated rings. The molecule has 0 aliphatic rings. The van der Waals surface area contributed by atoms with Crippen molar-refractivity contribution in [3.63, 3.8) is 0 Å². The summed E-state index contributed by atoms with van der Waals surface area (Å²) in [7, 11) is 1.58. The molecular formula is C21H26N4O4. The first-order valence-corrected chi connectivity index (χ1v) is 9.59. The third-order valence-electron chi connectivity index (χ3n) is 4.44. The molecule has 0 spiro atoms. The van der Waals surface area contributed by atoms with Crippen molar-refractivity contribution < 1.29 is 14.3 Å². The van der Waals surface area contributed by atoms with Crippen molar-refractivity contribution >= 4 is 16.7 Å². The van der Waals surface area contributed by atoms with E-state index in [2.05, 4.69) is 22.2 Å². The second-order valence-electron chi connectivity index (χ2n) is 6.55. The van der Waals surface area contributed by atoms with Crippen LogP contribution in [0.1, 0.15) is 31.0 Å². The van der Waals surface area contributed by atoms with E-state index in [9.17, 15) is 4.79 Å². The molecular weight excluding hydrogens is 372 g/mol. The fourth-order valence-corrected chi connectivity index (χ4v) is 2.96. The lowest BCUT2D eigenvalue weighted by Gasteiger charge is -2.16. The van der Waals surface area contributed by atoms with Gasteiger partial charge in [-0.1, -0.05) is 31.5 Å². The Morgan fingerprint density at radius 2 is 2.03 bits per heavy atom. The molecule has 1 aromatic carbocycles. The van der Waals surface area contributed by atoms with E-state index in [1.807, 2.05) is 31.2 Å². The molecule has 0 saturated heterocycles. The number of anilines is 1. The molecule has 3 aromatic rings. The smallest absolute Gasteiger partial charge is 0.287 e. The van der Waals surface area contributed by atoms with Crippen LogP contribution >= 0.6 is 0 Å². The molecule has 2 aromatic heterocycles. The van der Waals surface area contributed by atoms with Gasteiger partial charge in [-0.15, -0.1) is 4.73 Å². The predicted molar refractivity (Wildman–Crippen MR) is 111 cm³/mol. The number of nitrogens with zero attached hydrogens (tertiary/aromatic N) is 3. The lowest BCUT2D eigenvalue weighted by atomic mass is 10.1. The number of benzene rings is 1. The third-order valence-corrected chi connectivity index (χ3v) is 4.44. The molecule has 0 bridgehead atoms. The molecule has 0 unspecified atom stereocenters. The van der Waals surface area contributed by atoms with E-state index in [1.165, 1.54) is 17.1 Å². The number of pyridine rings is 1. The molecule has 0 amide bonds. The Morgan fingerprint density at radius 3 is 2.83 bits per heavy atom. The topological polar surface area (TPSA) is 87.5 Å².